The number of fused-ring (bicyclic) bond motifs is 1. The Kier molecular flexibility index (Phi) is 11.5. The number of sulfonamides is 1. The van der Waals surface area contributed by atoms with E-state index in [0.29, 0.717) is 43.2 Å². The molecule has 2 N–H and O–H groups in total. The number of aromatic nitrogens is 4. The zero-order chi connectivity index (χ0) is 46.1. The summed E-state index contributed by atoms with van der Waals surface area (Å²) in [6.07, 6.45) is -6.36. The minimum Gasteiger partial charge on any atom is -0.367 e. The maximum absolute atomic E-state index is 15.5. The number of piperazine rings is 1. The molecule has 8 rings (SSSR count). The van der Waals surface area contributed by atoms with Crippen molar-refractivity contribution in [1.82, 2.24) is 43.9 Å². The number of imidazole rings is 1. The highest BCUT2D eigenvalue weighted by atomic mass is 32.2. The standard InChI is InChI=1S/C38H41F7N12O6S/c1-36(18-48-55(19-36)20-37(40,41)42)31-24(38(43,44)45)15-47-35(51-31)49-21-5-7-56(8-6-21)64(62,63)30-16-46-28(52(30)2)17-53-9-11-54(12-10-53)27-14-23-22(13-25(27)39)33(60)57(34(23)61)26-3-4-29(58)50-32(26)59/h13-16,18,21,26H,3-12,17,19-20H2,1-2H3,(H,47,49,51)(H,50,58,59). The van der Waals surface area contributed by atoms with Crippen molar-refractivity contribution in [3.05, 3.63) is 58.6 Å². The number of halogens is 7. The summed E-state index contributed by atoms with van der Waals surface area (Å²) >= 11 is 0. The number of nitrogens with zero attached hydrogens (tertiary/aromatic N) is 10. The molecule has 5 aliphatic rings. The molecule has 7 heterocycles. The van der Waals surface area contributed by atoms with Crippen LogP contribution >= 0.6 is 0 Å². The summed E-state index contributed by atoms with van der Waals surface area (Å²) in [5.74, 6) is -3.36. The molecule has 1 aromatic carbocycles. The maximum Gasteiger partial charge on any atom is 0.419 e. The first-order chi connectivity index (χ1) is 30.0. The smallest absolute Gasteiger partial charge is 0.367 e. The minimum atomic E-state index is -4.91. The predicted octanol–water partition coefficient (Wildman–Crippen LogP) is 2.48. The van der Waals surface area contributed by atoms with Crippen LogP contribution in [0.15, 0.2) is 34.7 Å². The fourth-order valence-electron chi connectivity index (χ4n) is 8.64. The number of hydrogen-bond donors (Lipinski definition) is 2. The molecule has 344 valence electrons. The molecular weight excluding hydrogens is 886 g/mol. The van der Waals surface area contributed by atoms with E-state index >= 15 is 4.39 Å². The van der Waals surface area contributed by atoms with Crippen LogP contribution in [0, 0.1) is 5.82 Å². The molecule has 0 radical (unpaired) electrons. The predicted molar refractivity (Wildman–Crippen MR) is 210 cm³/mol. The second-order valence-electron chi connectivity index (χ2n) is 16.5. The Balaban J connectivity index is 0.866. The lowest BCUT2D eigenvalue weighted by Gasteiger charge is -2.36. The summed E-state index contributed by atoms with van der Waals surface area (Å²) in [5.41, 5.74) is -3.51. The number of imide groups is 2. The Morgan fingerprint density at radius 3 is 2.22 bits per heavy atom. The van der Waals surface area contributed by atoms with Gasteiger partial charge in [0, 0.05) is 71.2 Å². The molecule has 0 saturated carbocycles. The van der Waals surface area contributed by atoms with Crippen molar-refractivity contribution in [2.75, 3.05) is 62.6 Å². The number of carbonyl (C=O) groups is 4. The van der Waals surface area contributed by atoms with Gasteiger partial charge in [-0.05, 0) is 38.3 Å². The van der Waals surface area contributed by atoms with Crippen LogP contribution in [0.4, 0.5) is 42.4 Å². The first kappa shape index (κ1) is 44.8. The average molecular weight is 927 g/mol. The molecule has 2 atom stereocenters. The minimum absolute atomic E-state index is 0.0285. The lowest BCUT2D eigenvalue weighted by molar-refractivity contribution is -0.146. The highest BCUT2D eigenvalue weighted by molar-refractivity contribution is 7.89. The van der Waals surface area contributed by atoms with Gasteiger partial charge in [0.25, 0.3) is 21.8 Å². The maximum atomic E-state index is 15.5. The number of carbonyl (C=O) groups excluding carboxylic acids is 4. The van der Waals surface area contributed by atoms with E-state index in [1.807, 2.05) is 4.90 Å². The first-order valence-electron chi connectivity index (χ1n) is 20.1. The van der Waals surface area contributed by atoms with E-state index < -0.39 is 93.7 Å². The van der Waals surface area contributed by atoms with Crippen LogP contribution in [0.1, 0.15) is 70.4 Å². The number of hydrogen-bond acceptors (Lipinski definition) is 14. The lowest BCUT2D eigenvalue weighted by Crippen LogP contribution is -2.54. The molecule has 26 heteroatoms. The number of benzene rings is 1. The molecule has 64 heavy (non-hydrogen) atoms. The summed E-state index contributed by atoms with van der Waals surface area (Å²) in [5, 5.41) is 9.32. The van der Waals surface area contributed by atoms with Crippen molar-refractivity contribution in [1.29, 1.82) is 0 Å². The molecular formula is C38H41F7N12O6S. The number of amides is 4. The fraction of sp³-hybridized carbons (Fsp3) is 0.526. The molecule has 5 aliphatic heterocycles. The molecule has 3 aromatic rings. The van der Waals surface area contributed by atoms with Crippen LogP contribution in [0.25, 0.3) is 0 Å². The monoisotopic (exact) mass is 926 g/mol. The molecule has 3 fully saturated rings. The number of nitrogens with one attached hydrogen (secondary N) is 2. The average Bonchev–Trinajstić information content (AvgIpc) is 3.86. The fourth-order valence-corrected chi connectivity index (χ4v) is 10.2. The summed E-state index contributed by atoms with van der Waals surface area (Å²) in [4.78, 5) is 67.3. The van der Waals surface area contributed by atoms with Crippen LogP contribution in [-0.4, -0.2) is 148 Å². The normalized spacial score (nSPS) is 23.1. The van der Waals surface area contributed by atoms with Gasteiger partial charge in [-0.1, -0.05) is 0 Å². The molecule has 2 aromatic heterocycles. The van der Waals surface area contributed by atoms with Crippen LogP contribution in [0.5, 0.6) is 0 Å². The Morgan fingerprint density at radius 2 is 1.58 bits per heavy atom. The Bertz CT molecular complexity index is 2540. The second kappa shape index (κ2) is 16.3. The Hall–Kier alpha value is -5.76. The van der Waals surface area contributed by atoms with Crippen molar-refractivity contribution in [3.63, 3.8) is 0 Å². The van der Waals surface area contributed by atoms with E-state index in [9.17, 15) is 53.9 Å². The highest BCUT2D eigenvalue weighted by Crippen LogP contribution is 2.39. The zero-order valence-corrected chi connectivity index (χ0v) is 35.0. The van der Waals surface area contributed by atoms with Crippen molar-refractivity contribution in [2.45, 2.75) is 74.0 Å². The van der Waals surface area contributed by atoms with Gasteiger partial charge in [-0.3, -0.25) is 39.3 Å². The Morgan fingerprint density at radius 1 is 0.906 bits per heavy atom. The summed E-state index contributed by atoms with van der Waals surface area (Å²) in [6.45, 7) is 1.06. The highest BCUT2D eigenvalue weighted by Gasteiger charge is 2.47. The van der Waals surface area contributed by atoms with Gasteiger partial charge < -0.3 is 14.8 Å². The molecule has 0 bridgehead atoms. The lowest BCUT2D eigenvalue weighted by atomic mass is 9.85. The van der Waals surface area contributed by atoms with Gasteiger partial charge in [0.1, 0.15) is 24.2 Å². The third kappa shape index (κ3) is 8.60. The number of rotatable bonds is 10. The number of hydrazone groups is 1. The largest absolute Gasteiger partial charge is 0.419 e. The van der Waals surface area contributed by atoms with Gasteiger partial charge in [0.05, 0.1) is 52.8 Å². The topological polar surface area (TPSA) is 199 Å². The van der Waals surface area contributed by atoms with Gasteiger partial charge in [0.2, 0.25) is 17.8 Å². The van der Waals surface area contributed by atoms with Crippen LogP contribution in [-0.2, 0) is 44.8 Å². The summed E-state index contributed by atoms with van der Waals surface area (Å²) < 4.78 is 127. The third-order valence-electron chi connectivity index (χ3n) is 12.0. The van der Waals surface area contributed by atoms with Crippen molar-refractivity contribution in [3.8, 4) is 0 Å². The molecule has 2 unspecified atom stereocenters. The van der Waals surface area contributed by atoms with E-state index in [4.69, 9.17) is 0 Å². The SMILES string of the molecule is Cn1c(S(=O)(=O)N2CCC(Nc3ncc(C(F)(F)F)c(C4(C)C=NN(CC(F)(F)F)C4)n3)CC2)cnc1CN1CCN(c2cc3c(cc2F)C(=O)N(C2CCC(=O)NC2=O)C3=O)CC1. The van der Waals surface area contributed by atoms with Crippen LogP contribution in [0.3, 0.4) is 0 Å². The van der Waals surface area contributed by atoms with Gasteiger partial charge in [0.15, 0.2) is 5.03 Å². The quantitative estimate of drug-likeness (QED) is 0.223. The van der Waals surface area contributed by atoms with Crippen LogP contribution in [0.2, 0.25) is 0 Å². The van der Waals surface area contributed by atoms with E-state index in [-0.39, 0.29) is 73.1 Å². The van der Waals surface area contributed by atoms with Crippen molar-refractivity contribution >= 4 is 51.5 Å². The molecule has 3 saturated heterocycles. The third-order valence-corrected chi connectivity index (χ3v) is 14.0. The van der Waals surface area contributed by atoms with Crippen LogP contribution < -0.4 is 15.5 Å². The summed E-state index contributed by atoms with van der Waals surface area (Å²) in [6, 6.07) is 0.636. The number of piperidine rings is 2. The Labute approximate surface area is 360 Å². The van der Waals surface area contributed by atoms with Crippen molar-refractivity contribution < 1.29 is 58.3 Å². The van der Waals surface area contributed by atoms with Gasteiger partial charge in [-0.25, -0.2) is 27.8 Å². The van der Waals surface area contributed by atoms with Gasteiger partial charge in [-0.15, -0.1) is 0 Å². The first-order valence-corrected chi connectivity index (χ1v) is 21.6. The molecule has 18 nitrogen and oxygen atoms in total. The van der Waals surface area contributed by atoms with Crippen molar-refractivity contribution in [2.24, 2.45) is 12.1 Å². The second-order valence-corrected chi connectivity index (χ2v) is 18.4. The molecule has 0 aliphatic carbocycles. The van der Waals surface area contributed by atoms with E-state index in [1.165, 1.54) is 28.1 Å². The number of alkyl halides is 6. The zero-order valence-electron chi connectivity index (χ0n) is 34.2. The number of anilines is 2. The molecule has 4 amide bonds. The van der Waals surface area contributed by atoms with Gasteiger partial charge in [-0.2, -0.15) is 35.7 Å². The van der Waals surface area contributed by atoms with Gasteiger partial charge >= 0.3 is 12.4 Å². The molecule has 0 spiro atoms. The van der Waals surface area contributed by atoms with E-state index in [2.05, 4.69) is 30.7 Å². The summed E-state index contributed by atoms with van der Waals surface area (Å²) in [7, 11) is -2.50. The van der Waals surface area contributed by atoms with E-state index in [1.54, 1.807) is 11.9 Å². The van der Waals surface area contributed by atoms with E-state index in [0.717, 1.165) is 17.2 Å².